The number of nitrogens with zero attached hydrogens (tertiary/aromatic N) is 1. The Kier molecular flexibility index (Phi) is 4.69. The van der Waals surface area contributed by atoms with E-state index >= 15 is 0 Å². The standard InChI is InChI=1S/C10H13NO6S4/c1-20(14,15)8-6-18-5-3-11(8)21(16,17)7-2-4-19-9(7)10(12)13/h2,4,8H,3,5-6H2,1H3,(H,12,13). The Morgan fingerprint density at radius 3 is 2.62 bits per heavy atom. The Balaban J connectivity index is 2.51. The number of aromatic carboxylic acids is 1. The van der Waals surface area contributed by atoms with Gasteiger partial charge in [-0.2, -0.15) is 16.1 Å². The van der Waals surface area contributed by atoms with Crippen LogP contribution in [0.3, 0.4) is 0 Å². The van der Waals surface area contributed by atoms with Gasteiger partial charge >= 0.3 is 5.97 Å². The van der Waals surface area contributed by atoms with Crippen LogP contribution in [0.2, 0.25) is 0 Å². The average molecular weight is 371 g/mol. The van der Waals surface area contributed by atoms with E-state index in [1.165, 1.54) is 23.2 Å². The molecule has 2 rings (SSSR count). The highest BCUT2D eigenvalue weighted by Gasteiger charge is 2.41. The summed E-state index contributed by atoms with van der Waals surface area (Å²) >= 11 is 2.16. The van der Waals surface area contributed by atoms with Crippen LogP contribution >= 0.6 is 23.1 Å². The molecule has 1 aliphatic rings. The van der Waals surface area contributed by atoms with Crippen molar-refractivity contribution in [2.75, 3.05) is 24.3 Å². The fourth-order valence-electron chi connectivity index (χ4n) is 1.96. The predicted molar refractivity (Wildman–Crippen MR) is 81.1 cm³/mol. The van der Waals surface area contributed by atoms with Gasteiger partial charge in [-0.25, -0.2) is 21.6 Å². The van der Waals surface area contributed by atoms with Crippen molar-refractivity contribution in [3.05, 3.63) is 16.3 Å². The van der Waals surface area contributed by atoms with Crippen LogP contribution < -0.4 is 0 Å². The second-order valence-electron chi connectivity index (χ2n) is 4.39. The Labute approximate surface area is 130 Å². The SMILES string of the molecule is CS(=O)(=O)C1CSCCN1S(=O)(=O)c1ccsc1C(=O)O. The van der Waals surface area contributed by atoms with E-state index in [1.807, 2.05) is 0 Å². The van der Waals surface area contributed by atoms with Gasteiger partial charge in [-0.1, -0.05) is 0 Å². The van der Waals surface area contributed by atoms with Crippen LogP contribution in [0.25, 0.3) is 0 Å². The van der Waals surface area contributed by atoms with Crippen molar-refractivity contribution in [3.8, 4) is 0 Å². The van der Waals surface area contributed by atoms with Gasteiger partial charge in [0.1, 0.15) is 15.1 Å². The van der Waals surface area contributed by atoms with Gasteiger partial charge in [0.15, 0.2) is 9.84 Å². The molecule has 0 amide bonds. The van der Waals surface area contributed by atoms with E-state index in [2.05, 4.69) is 0 Å². The van der Waals surface area contributed by atoms with Gasteiger partial charge in [-0.05, 0) is 11.4 Å². The number of sulfone groups is 1. The minimum Gasteiger partial charge on any atom is -0.477 e. The molecule has 21 heavy (non-hydrogen) atoms. The highest BCUT2D eigenvalue weighted by atomic mass is 32.2. The third-order valence-electron chi connectivity index (χ3n) is 2.94. The number of carbonyl (C=O) groups is 1. The first-order chi connectivity index (χ1) is 9.65. The van der Waals surface area contributed by atoms with Gasteiger partial charge in [-0.3, -0.25) is 0 Å². The molecule has 0 radical (unpaired) electrons. The minimum absolute atomic E-state index is 0.0413. The zero-order valence-electron chi connectivity index (χ0n) is 10.9. The van der Waals surface area contributed by atoms with Gasteiger partial charge in [0.2, 0.25) is 10.0 Å². The van der Waals surface area contributed by atoms with Crippen LogP contribution in [0.5, 0.6) is 0 Å². The molecule has 7 nitrogen and oxygen atoms in total. The Morgan fingerprint density at radius 1 is 1.38 bits per heavy atom. The van der Waals surface area contributed by atoms with Gasteiger partial charge < -0.3 is 5.11 Å². The highest BCUT2D eigenvalue weighted by Crippen LogP contribution is 2.30. The first-order valence-corrected chi connectivity index (χ1v) is 11.2. The number of hydrogen-bond acceptors (Lipinski definition) is 7. The quantitative estimate of drug-likeness (QED) is 0.823. The largest absolute Gasteiger partial charge is 0.477 e. The predicted octanol–water partition coefficient (Wildman–Crippen LogP) is 0.554. The van der Waals surface area contributed by atoms with Crippen LogP contribution in [0.1, 0.15) is 9.67 Å². The second kappa shape index (κ2) is 5.88. The van der Waals surface area contributed by atoms with Crippen molar-refractivity contribution in [1.29, 1.82) is 0 Å². The molecule has 1 atom stereocenters. The first kappa shape index (κ1) is 16.7. The maximum atomic E-state index is 12.6. The summed E-state index contributed by atoms with van der Waals surface area (Å²) in [6.07, 6.45) is 0.984. The molecule has 1 aliphatic heterocycles. The Hall–Kier alpha value is -0.620. The molecule has 0 saturated carbocycles. The molecule has 1 unspecified atom stereocenters. The van der Waals surface area contributed by atoms with E-state index in [-0.39, 0.29) is 22.1 Å². The molecular formula is C10H13NO6S4. The number of sulfonamides is 1. The average Bonchev–Trinajstić information content (AvgIpc) is 2.88. The van der Waals surface area contributed by atoms with Gasteiger partial charge in [0, 0.05) is 24.3 Å². The molecule has 2 heterocycles. The van der Waals surface area contributed by atoms with E-state index in [9.17, 15) is 21.6 Å². The molecule has 118 valence electrons. The van der Waals surface area contributed by atoms with Crippen LogP contribution in [-0.2, 0) is 19.9 Å². The van der Waals surface area contributed by atoms with Gasteiger partial charge in [0.25, 0.3) is 0 Å². The van der Waals surface area contributed by atoms with Gasteiger partial charge in [0.05, 0.1) is 0 Å². The minimum atomic E-state index is -4.16. The molecule has 1 aromatic heterocycles. The molecule has 0 bridgehead atoms. The molecule has 1 fully saturated rings. The fourth-order valence-corrected chi connectivity index (χ4v) is 8.37. The summed E-state index contributed by atoms with van der Waals surface area (Å²) in [6, 6.07) is 1.20. The van der Waals surface area contributed by atoms with Crippen LogP contribution in [0.4, 0.5) is 0 Å². The van der Waals surface area contributed by atoms with Crippen molar-refractivity contribution < 1.29 is 26.7 Å². The fraction of sp³-hybridized carbons (Fsp3) is 0.500. The molecule has 0 spiro atoms. The topological polar surface area (TPSA) is 109 Å². The zero-order chi connectivity index (χ0) is 15.8. The number of rotatable bonds is 4. The lowest BCUT2D eigenvalue weighted by atomic mass is 10.5. The maximum Gasteiger partial charge on any atom is 0.347 e. The van der Waals surface area contributed by atoms with Crippen molar-refractivity contribution in [1.82, 2.24) is 4.31 Å². The number of carboxylic acid groups (broad SMARTS) is 1. The van der Waals surface area contributed by atoms with Crippen molar-refractivity contribution in [2.45, 2.75) is 10.3 Å². The number of hydrogen-bond donors (Lipinski definition) is 1. The van der Waals surface area contributed by atoms with Crippen LogP contribution in [0, 0.1) is 0 Å². The van der Waals surface area contributed by atoms with E-state index in [0.717, 1.165) is 21.9 Å². The lowest BCUT2D eigenvalue weighted by Gasteiger charge is -2.32. The molecule has 0 aliphatic carbocycles. The summed E-state index contributed by atoms with van der Waals surface area (Å²) in [6.45, 7) is 0.0413. The molecule has 11 heteroatoms. The smallest absolute Gasteiger partial charge is 0.347 e. The lowest BCUT2D eigenvalue weighted by molar-refractivity contribution is 0.0698. The summed E-state index contributed by atoms with van der Waals surface area (Å²) in [4.78, 5) is 10.4. The zero-order valence-corrected chi connectivity index (χ0v) is 14.2. The van der Waals surface area contributed by atoms with E-state index in [0.29, 0.717) is 5.75 Å². The summed E-state index contributed by atoms with van der Waals surface area (Å²) in [7, 11) is -7.76. The first-order valence-electron chi connectivity index (χ1n) is 5.75. The third kappa shape index (κ3) is 3.26. The van der Waals surface area contributed by atoms with E-state index in [1.54, 1.807) is 0 Å². The molecule has 1 aromatic rings. The molecule has 0 aromatic carbocycles. The van der Waals surface area contributed by atoms with E-state index in [4.69, 9.17) is 5.11 Å². The van der Waals surface area contributed by atoms with Crippen molar-refractivity contribution in [3.63, 3.8) is 0 Å². The van der Waals surface area contributed by atoms with Crippen molar-refractivity contribution >= 4 is 48.9 Å². The molecule has 1 N–H and O–H groups in total. The Morgan fingerprint density at radius 2 is 2.05 bits per heavy atom. The molecule has 1 saturated heterocycles. The number of thiophene rings is 1. The second-order valence-corrected chi connectivity index (χ2v) is 10.5. The highest BCUT2D eigenvalue weighted by molar-refractivity contribution is 8.01. The molecular weight excluding hydrogens is 358 g/mol. The number of thioether (sulfide) groups is 1. The third-order valence-corrected chi connectivity index (χ3v) is 8.70. The monoisotopic (exact) mass is 371 g/mol. The van der Waals surface area contributed by atoms with Gasteiger partial charge in [-0.15, -0.1) is 11.3 Å². The van der Waals surface area contributed by atoms with Crippen LogP contribution in [-0.4, -0.2) is 61.9 Å². The Bertz CT molecular complexity index is 750. The van der Waals surface area contributed by atoms with E-state index < -0.39 is 31.2 Å². The van der Waals surface area contributed by atoms with Crippen molar-refractivity contribution in [2.24, 2.45) is 0 Å². The maximum absolute atomic E-state index is 12.6. The summed E-state index contributed by atoms with van der Waals surface area (Å²) in [5, 5.41) is 9.25. The number of carboxylic acids is 1. The summed E-state index contributed by atoms with van der Waals surface area (Å²) in [5.74, 6) is -0.728. The summed E-state index contributed by atoms with van der Waals surface area (Å²) in [5.41, 5.74) is 0. The normalized spacial score (nSPS) is 21.3. The summed E-state index contributed by atoms with van der Waals surface area (Å²) < 4.78 is 49.7. The lowest BCUT2D eigenvalue weighted by Crippen LogP contribution is -2.49. The van der Waals surface area contributed by atoms with Crippen LogP contribution in [0.15, 0.2) is 16.3 Å².